The lowest BCUT2D eigenvalue weighted by atomic mass is 10.0. The molecule has 1 amide bonds. The number of hydrogen-bond acceptors (Lipinski definition) is 2. The summed E-state index contributed by atoms with van der Waals surface area (Å²) in [5.41, 5.74) is 0.516. The number of benzene rings is 1. The summed E-state index contributed by atoms with van der Waals surface area (Å²) in [5, 5.41) is 4.24. The molecule has 19 heavy (non-hydrogen) atoms. The second-order valence-electron chi connectivity index (χ2n) is 4.52. The van der Waals surface area contributed by atoms with Crippen molar-refractivity contribution in [1.29, 1.82) is 0 Å². The van der Waals surface area contributed by atoms with E-state index in [1.54, 1.807) is 23.1 Å². The Bertz CT molecular complexity index is 448. The summed E-state index contributed by atoms with van der Waals surface area (Å²) >= 11 is 11.9. The lowest BCUT2D eigenvalue weighted by Gasteiger charge is -2.31. The van der Waals surface area contributed by atoms with Crippen LogP contribution < -0.4 is 5.32 Å². The van der Waals surface area contributed by atoms with E-state index in [4.69, 9.17) is 23.2 Å². The van der Waals surface area contributed by atoms with Crippen LogP contribution in [0.1, 0.15) is 23.2 Å². The molecule has 0 aliphatic carbocycles. The molecule has 1 saturated heterocycles. The Labute approximate surface area is 129 Å². The van der Waals surface area contributed by atoms with E-state index in [9.17, 15) is 4.79 Å². The first-order valence-corrected chi connectivity index (χ1v) is 6.78. The molecule has 0 unspecified atom stereocenters. The van der Waals surface area contributed by atoms with Crippen molar-refractivity contribution in [3.05, 3.63) is 33.8 Å². The van der Waals surface area contributed by atoms with Crippen LogP contribution in [0.25, 0.3) is 0 Å². The van der Waals surface area contributed by atoms with Crippen LogP contribution in [0, 0.1) is 0 Å². The van der Waals surface area contributed by atoms with Gasteiger partial charge in [-0.05, 0) is 44.1 Å². The van der Waals surface area contributed by atoms with Gasteiger partial charge in [-0.2, -0.15) is 0 Å². The topological polar surface area (TPSA) is 32.3 Å². The van der Waals surface area contributed by atoms with Crippen molar-refractivity contribution in [2.45, 2.75) is 18.9 Å². The highest BCUT2D eigenvalue weighted by Crippen LogP contribution is 2.23. The van der Waals surface area contributed by atoms with E-state index in [1.807, 2.05) is 7.05 Å². The van der Waals surface area contributed by atoms with Crippen molar-refractivity contribution >= 4 is 41.5 Å². The van der Waals surface area contributed by atoms with Crippen molar-refractivity contribution in [3.8, 4) is 0 Å². The molecule has 1 fully saturated rings. The van der Waals surface area contributed by atoms with E-state index in [0.29, 0.717) is 15.6 Å². The number of piperidine rings is 1. The van der Waals surface area contributed by atoms with E-state index in [1.165, 1.54) is 0 Å². The molecule has 0 atom stereocenters. The zero-order valence-corrected chi connectivity index (χ0v) is 13.0. The summed E-state index contributed by atoms with van der Waals surface area (Å²) in [4.78, 5) is 14.1. The summed E-state index contributed by atoms with van der Waals surface area (Å²) in [6.45, 7) is 1.91. The molecule has 1 aliphatic heterocycles. The summed E-state index contributed by atoms with van der Waals surface area (Å²) in [7, 11) is 1.84. The van der Waals surface area contributed by atoms with Crippen molar-refractivity contribution in [2.24, 2.45) is 0 Å². The third-order valence-corrected chi connectivity index (χ3v) is 3.89. The van der Waals surface area contributed by atoms with Crippen LogP contribution in [0.15, 0.2) is 18.2 Å². The van der Waals surface area contributed by atoms with Gasteiger partial charge in [0.05, 0.1) is 10.6 Å². The van der Waals surface area contributed by atoms with Gasteiger partial charge in [-0.15, -0.1) is 12.4 Å². The minimum atomic E-state index is -0.0384. The lowest BCUT2D eigenvalue weighted by Crippen LogP contribution is -2.44. The van der Waals surface area contributed by atoms with Crippen LogP contribution in [0.3, 0.4) is 0 Å². The molecular weight excluding hydrogens is 307 g/mol. The Balaban J connectivity index is 0.00000180. The van der Waals surface area contributed by atoms with Crippen molar-refractivity contribution < 1.29 is 4.79 Å². The Kier molecular flexibility index (Phi) is 6.40. The van der Waals surface area contributed by atoms with Crippen LogP contribution in [0.5, 0.6) is 0 Å². The van der Waals surface area contributed by atoms with Crippen LogP contribution >= 0.6 is 35.6 Å². The molecule has 1 aliphatic rings. The van der Waals surface area contributed by atoms with E-state index in [-0.39, 0.29) is 24.4 Å². The molecule has 0 saturated carbocycles. The Morgan fingerprint density at radius 2 is 1.95 bits per heavy atom. The molecule has 0 bridgehead atoms. The van der Waals surface area contributed by atoms with Crippen LogP contribution in [0.2, 0.25) is 10.0 Å². The number of carbonyl (C=O) groups excluding carboxylic acids is 1. The standard InChI is InChI=1S/C13H16Cl2N2O.ClH/c1-17(10-4-6-16-7-5-10)13(18)11-3-2-9(14)8-12(11)15;/h2-3,8,10,16H,4-7H2,1H3;1H. The van der Waals surface area contributed by atoms with Gasteiger partial charge in [-0.1, -0.05) is 23.2 Å². The second kappa shape index (κ2) is 7.34. The van der Waals surface area contributed by atoms with Gasteiger partial charge >= 0.3 is 0 Å². The number of carbonyl (C=O) groups is 1. The molecule has 1 N–H and O–H groups in total. The quantitative estimate of drug-likeness (QED) is 0.906. The number of rotatable bonds is 2. The van der Waals surface area contributed by atoms with Gasteiger partial charge in [-0.25, -0.2) is 0 Å². The van der Waals surface area contributed by atoms with Gasteiger partial charge in [0, 0.05) is 18.1 Å². The minimum Gasteiger partial charge on any atom is -0.339 e. The van der Waals surface area contributed by atoms with Crippen molar-refractivity contribution in [2.75, 3.05) is 20.1 Å². The van der Waals surface area contributed by atoms with Crippen LogP contribution in [0.4, 0.5) is 0 Å². The first kappa shape index (κ1) is 16.6. The molecular formula is C13H17Cl3N2O. The van der Waals surface area contributed by atoms with E-state index >= 15 is 0 Å². The molecule has 6 heteroatoms. The second-order valence-corrected chi connectivity index (χ2v) is 5.37. The van der Waals surface area contributed by atoms with E-state index in [0.717, 1.165) is 25.9 Å². The normalized spacial score (nSPS) is 15.7. The summed E-state index contributed by atoms with van der Waals surface area (Å²) in [6, 6.07) is 5.26. The summed E-state index contributed by atoms with van der Waals surface area (Å²) < 4.78 is 0. The zero-order chi connectivity index (χ0) is 13.1. The Hall–Kier alpha value is -0.480. The monoisotopic (exact) mass is 322 g/mol. The highest BCUT2D eigenvalue weighted by atomic mass is 35.5. The number of hydrogen-bond donors (Lipinski definition) is 1. The van der Waals surface area contributed by atoms with Gasteiger partial charge < -0.3 is 10.2 Å². The molecule has 1 aromatic rings. The molecule has 1 heterocycles. The SMILES string of the molecule is CN(C(=O)c1ccc(Cl)cc1Cl)C1CCNCC1.Cl. The average Bonchev–Trinajstić information content (AvgIpc) is 2.38. The molecule has 3 nitrogen and oxygen atoms in total. The number of nitrogens with zero attached hydrogens (tertiary/aromatic N) is 1. The van der Waals surface area contributed by atoms with Gasteiger partial charge in [0.25, 0.3) is 5.91 Å². The fourth-order valence-corrected chi connectivity index (χ4v) is 2.70. The molecule has 0 aromatic heterocycles. The first-order chi connectivity index (χ1) is 8.59. The molecule has 106 valence electrons. The van der Waals surface area contributed by atoms with Crippen LogP contribution in [-0.2, 0) is 0 Å². The third-order valence-electron chi connectivity index (χ3n) is 3.34. The van der Waals surface area contributed by atoms with Crippen molar-refractivity contribution in [1.82, 2.24) is 10.2 Å². The molecule has 2 rings (SSSR count). The molecule has 0 radical (unpaired) electrons. The minimum absolute atomic E-state index is 0. The predicted molar refractivity (Wildman–Crippen MR) is 81.7 cm³/mol. The molecule has 1 aromatic carbocycles. The van der Waals surface area contributed by atoms with Crippen molar-refractivity contribution in [3.63, 3.8) is 0 Å². The zero-order valence-electron chi connectivity index (χ0n) is 10.7. The largest absolute Gasteiger partial charge is 0.339 e. The van der Waals surface area contributed by atoms with Gasteiger partial charge in [-0.3, -0.25) is 4.79 Å². The summed E-state index contributed by atoms with van der Waals surface area (Å²) in [5.74, 6) is -0.0384. The van der Waals surface area contributed by atoms with Gasteiger partial charge in [0.1, 0.15) is 0 Å². The predicted octanol–water partition coefficient (Wildman–Crippen LogP) is 3.24. The average molecular weight is 324 g/mol. The fourth-order valence-electron chi connectivity index (χ4n) is 2.21. The Morgan fingerprint density at radius 1 is 1.32 bits per heavy atom. The van der Waals surface area contributed by atoms with E-state index in [2.05, 4.69) is 5.32 Å². The Morgan fingerprint density at radius 3 is 2.53 bits per heavy atom. The fraction of sp³-hybridized carbons (Fsp3) is 0.462. The first-order valence-electron chi connectivity index (χ1n) is 6.02. The van der Waals surface area contributed by atoms with E-state index < -0.39 is 0 Å². The number of amides is 1. The molecule has 0 spiro atoms. The lowest BCUT2D eigenvalue weighted by molar-refractivity contribution is 0.0703. The van der Waals surface area contributed by atoms with Gasteiger partial charge in [0.15, 0.2) is 0 Å². The maximum atomic E-state index is 12.4. The third kappa shape index (κ3) is 3.99. The number of nitrogens with one attached hydrogen (secondary N) is 1. The highest BCUT2D eigenvalue weighted by molar-refractivity contribution is 6.36. The highest BCUT2D eigenvalue weighted by Gasteiger charge is 2.24. The van der Waals surface area contributed by atoms with Gasteiger partial charge in [0.2, 0.25) is 0 Å². The number of halogens is 3. The van der Waals surface area contributed by atoms with Crippen LogP contribution in [-0.4, -0.2) is 37.0 Å². The summed E-state index contributed by atoms with van der Waals surface area (Å²) in [6.07, 6.45) is 1.96. The maximum absolute atomic E-state index is 12.4. The maximum Gasteiger partial charge on any atom is 0.255 e. The smallest absolute Gasteiger partial charge is 0.255 e.